The molecule has 2 aliphatic carbocycles. The Morgan fingerprint density at radius 1 is 0.700 bits per heavy atom. The lowest BCUT2D eigenvalue weighted by molar-refractivity contribution is 0.0497. The minimum absolute atomic E-state index is 0.914. The number of likely N-dealkylation sites (tertiary alicyclic amines) is 2. The Kier molecular flexibility index (Phi) is 3.80. The van der Waals surface area contributed by atoms with Crippen molar-refractivity contribution in [1.82, 2.24) is 9.80 Å². The Hall–Kier alpha value is -0.0800. The molecule has 114 valence electrons. The molecule has 2 heterocycles. The van der Waals surface area contributed by atoms with E-state index in [4.69, 9.17) is 0 Å². The maximum atomic E-state index is 2.88. The molecular weight excluding hydrogens is 244 g/mol. The van der Waals surface area contributed by atoms with Gasteiger partial charge in [0.25, 0.3) is 0 Å². The van der Waals surface area contributed by atoms with Crippen molar-refractivity contribution in [2.24, 2.45) is 17.8 Å². The second kappa shape index (κ2) is 5.61. The van der Waals surface area contributed by atoms with Crippen LogP contribution >= 0.6 is 0 Å². The summed E-state index contributed by atoms with van der Waals surface area (Å²) in [5.74, 6) is 3.15. The number of fused-ring (bicyclic) bond motifs is 2. The van der Waals surface area contributed by atoms with Gasteiger partial charge in [-0.2, -0.15) is 0 Å². The van der Waals surface area contributed by atoms with Gasteiger partial charge in [-0.25, -0.2) is 0 Å². The molecule has 0 N–H and O–H groups in total. The summed E-state index contributed by atoms with van der Waals surface area (Å²) in [5.41, 5.74) is 0. The molecule has 4 fully saturated rings. The minimum Gasteiger partial charge on any atom is -0.300 e. The standard InChI is InChI=1S/C18H32N2/c1-14-4-8-19(9-5-14)17-6-10-20(11-7-17)18-13-15-2-3-16(18)12-15/h14-18H,2-13H2,1H3/t15-,16-,18-/m1/s1. The van der Waals surface area contributed by atoms with Crippen LogP contribution in [0.4, 0.5) is 0 Å². The van der Waals surface area contributed by atoms with Crippen molar-refractivity contribution < 1.29 is 0 Å². The van der Waals surface area contributed by atoms with E-state index in [2.05, 4.69) is 16.7 Å². The van der Waals surface area contributed by atoms with Crippen LogP contribution in [0.2, 0.25) is 0 Å². The van der Waals surface area contributed by atoms with Crippen molar-refractivity contribution in [2.45, 2.75) is 70.4 Å². The number of hydrogen-bond acceptors (Lipinski definition) is 2. The second-order valence-electron chi connectivity index (χ2n) is 8.23. The third-order valence-electron chi connectivity index (χ3n) is 7.00. The molecule has 2 nitrogen and oxygen atoms in total. The molecule has 2 bridgehead atoms. The molecule has 0 spiro atoms. The van der Waals surface area contributed by atoms with Crippen molar-refractivity contribution >= 4 is 0 Å². The first-order valence-electron chi connectivity index (χ1n) is 9.27. The molecule has 3 atom stereocenters. The fourth-order valence-corrected chi connectivity index (χ4v) is 5.63. The average Bonchev–Trinajstić information content (AvgIpc) is 3.11. The molecule has 0 aromatic heterocycles. The van der Waals surface area contributed by atoms with Crippen molar-refractivity contribution in [3.8, 4) is 0 Å². The average molecular weight is 276 g/mol. The van der Waals surface area contributed by atoms with Crippen molar-refractivity contribution in [1.29, 1.82) is 0 Å². The third kappa shape index (κ3) is 2.54. The zero-order valence-corrected chi connectivity index (χ0v) is 13.3. The molecule has 0 amide bonds. The molecule has 0 aromatic rings. The van der Waals surface area contributed by atoms with Gasteiger partial charge in [-0.15, -0.1) is 0 Å². The Bertz CT molecular complexity index is 326. The van der Waals surface area contributed by atoms with E-state index in [-0.39, 0.29) is 0 Å². The molecule has 0 radical (unpaired) electrons. The maximum absolute atomic E-state index is 2.88. The van der Waals surface area contributed by atoms with Gasteiger partial charge in [-0.05, 0) is 88.9 Å². The maximum Gasteiger partial charge on any atom is 0.0126 e. The van der Waals surface area contributed by atoms with E-state index in [0.29, 0.717) is 0 Å². The van der Waals surface area contributed by atoms with Gasteiger partial charge >= 0.3 is 0 Å². The molecule has 2 aliphatic heterocycles. The molecule has 0 unspecified atom stereocenters. The van der Waals surface area contributed by atoms with Crippen LogP contribution in [0, 0.1) is 17.8 Å². The van der Waals surface area contributed by atoms with Crippen LogP contribution in [0.25, 0.3) is 0 Å². The van der Waals surface area contributed by atoms with Crippen molar-refractivity contribution in [2.75, 3.05) is 26.2 Å². The quantitative estimate of drug-likeness (QED) is 0.763. The van der Waals surface area contributed by atoms with Gasteiger partial charge in [0.15, 0.2) is 0 Å². The van der Waals surface area contributed by atoms with Crippen LogP contribution in [0.1, 0.15) is 58.3 Å². The molecule has 4 rings (SSSR count). The van der Waals surface area contributed by atoms with E-state index in [1.54, 1.807) is 19.3 Å². The van der Waals surface area contributed by atoms with E-state index in [9.17, 15) is 0 Å². The highest BCUT2D eigenvalue weighted by Gasteiger charge is 2.43. The lowest BCUT2D eigenvalue weighted by atomic mass is 9.90. The zero-order valence-electron chi connectivity index (χ0n) is 13.3. The summed E-state index contributed by atoms with van der Waals surface area (Å²) in [6.45, 7) is 7.96. The summed E-state index contributed by atoms with van der Waals surface area (Å²) in [6.07, 6.45) is 12.0. The molecule has 4 aliphatic rings. The Morgan fingerprint density at radius 2 is 1.40 bits per heavy atom. The van der Waals surface area contributed by atoms with Gasteiger partial charge in [0.1, 0.15) is 0 Å². The first kappa shape index (κ1) is 13.6. The van der Waals surface area contributed by atoms with Gasteiger partial charge in [-0.1, -0.05) is 13.3 Å². The predicted octanol–water partition coefficient (Wildman–Crippen LogP) is 3.37. The van der Waals surface area contributed by atoms with Crippen molar-refractivity contribution in [3.05, 3.63) is 0 Å². The fraction of sp³-hybridized carbons (Fsp3) is 1.00. The van der Waals surface area contributed by atoms with Crippen LogP contribution in [0.3, 0.4) is 0 Å². The highest BCUT2D eigenvalue weighted by Crippen LogP contribution is 2.47. The highest BCUT2D eigenvalue weighted by molar-refractivity contribution is 4.97. The van der Waals surface area contributed by atoms with E-state index in [1.165, 1.54) is 58.3 Å². The lowest BCUT2D eigenvalue weighted by Gasteiger charge is -2.44. The minimum atomic E-state index is 0.914. The topological polar surface area (TPSA) is 6.48 Å². The number of nitrogens with zero attached hydrogens (tertiary/aromatic N) is 2. The summed E-state index contributed by atoms with van der Waals surface area (Å²) < 4.78 is 0. The fourth-order valence-electron chi connectivity index (χ4n) is 5.63. The predicted molar refractivity (Wildman–Crippen MR) is 83.8 cm³/mol. The molecule has 2 heteroatoms. The van der Waals surface area contributed by atoms with Gasteiger partial charge in [0, 0.05) is 12.1 Å². The monoisotopic (exact) mass is 276 g/mol. The van der Waals surface area contributed by atoms with Gasteiger partial charge < -0.3 is 4.90 Å². The van der Waals surface area contributed by atoms with E-state index >= 15 is 0 Å². The van der Waals surface area contributed by atoms with Crippen LogP contribution in [-0.2, 0) is 0 Å². The van der Waals surface area contributed by atoms with Crippen LogP contribution < -0.4 is 0 Å². The van der Waals surface area contributed by atoms with Crippen LogP contribution in [0.5, 0.6) is 0 Å². The Balaban J connectivity index is 1.28. The van der Waals surface area contributed by atoms with E-state index in [1.807, 2.05) is 0 Å². The third-order valence-corrected chi connectivity index (χ3v) is 7.00. The molecule has 0 aromatic carbocycles. The summed E-state index contributed by atoms with van der Waals surface area (Å²) in [6, 6.07) is 1.90. The normalized spacial score (nSPS) is 41.5. The summed E-state index contributed by atoms with van der Waals surface area (Å²) in [5, 5.41) is 0. The molecule has 2 saturated carbocycles. The summed E-state index contributed by atoms with van der Waals surface area (Å²) in [7, 11) is 0. The summed E-state index contributed by atoms with van der Waals surface area (Å²) in [4.78, 5) is 5.70. The van der Waals surface area contributed by atoms with Gasteiger partial charge in [-0.3, -0.25) is 4.90 Å². The molecular formula is C18H32N2. The zero-order chi connectivity index (χ0) is 13.5. The first-order valence-corrected chi connectivity index (χ1v) is 9.27. The molecule has 20 heavy (non-hydrogen) atoms. The van der Waals surface area contributed by atoms with Crippen LogP contribution in [-0.4, -0.2) is 48.1 Å². The number of rotatable bonds is 2. The molecule has 2 saturated heterocycles. The summed E-state index contributed by atoms with van der Waals surface area (Å²) >= 11 is 0. The van der Waals surface area contributed by atoms with Gasteiger partial charge in [0.05, 0.1) is 0 Å². The van der Waals surface area contributed by atoms with E-state index < -0.39 is 0 Å². The van der Waals surface area contributed by atoms with Gasteiger partial charge in [0.2, 0.25) is 0 Å². The highest BCUT2D eigenvalue weighted by atomic mass is 15.2. The number of hydrogen-bond donors (Lipinski definition) is 0. The lowest BCUT2D eigenvalue weighted by Crippen LogP contribution is -2.50. The second-order valence-corrected chi connectivity index (χ2v) is 8.23. The van der Waals surface area contributed by atoms with Crippen molar-refractivity contribution in [3.63, 3.8) is 0 Å². The number of piperidine rings is 2. The first-order chi connectivity index (χ1) is 9.79. The Labute approximate surface area is 124 Å². The van der Waals surface area contributed by atoms with E-state index in [0.717, 1.165) is 29.8 Å². The SMILES string of the molecule is CC1CCN(C2CCN([C@@H]3C[C@@H]4CC[C@@H]3C4)CC2)CC1. The largest absolute Gasteiger partial charge is 0.300 e. The van der Waals surface area contributed by atoms with Crippen LogP contribution in [0.15, 0.2) is 0 Å². The Morgan fingerprint density at radius 3 is 2.00 bits per heavy atom. The smallest absolute Gasteiger partial charge is 0.0126 e.